The van der Waals surface area contributed by atoms with E-state index in [1.807, 2.05) is 31.2 Å². The predicted octanol–water partition coefficient (Wildman–Crippen LogP) is 2.40. The molecule has 0 radical (unpaired) electrons. The summed E-state index contributed by atoms with van der Waals surface area (Å²) in [6.07, 6.45) is 1.45. The maximum atomic E-state index is 12.3. The lowest BCUT2D eigenvalue weighted by Crippen LogP contribution is -2.20. The van der Waals surface area contributed by atoms with Crippen molar-refractivity contribution < 1.29 is 14.3 Å². The van der Waals surface area contributed by atoms with Gasteiger partial charge in [0.05, 0.1) is 0 Å². The lowest BCUT2D eigenvalue weighted by molar-refractivity contribution is -0.120. The molecule has 2 rings (SSSR count). The number of benzene rings is 2. The van der Waals surface area contributed by atoms with Crippen molar-refractivity contribution in [3.63, 3.8) is 0 Å². The van der Waals surface area contributed by atoms with E-state index in [2.05, 4.69) is 5.32 Å². The van der Waals surface area contributed by atoms with E-state index in [1.165, 1.54) is 6.08 Å². The van der Waals surface area contributed by atoms with E-state index < -0.39 is 11.8 Å². The van der Waals surface area contributed by atoms with E-state index in [0.717, 1.165) is 5.56 Å². The Morgan fingerprint density at radius 2 is 2.00 bits per heavy atom. The van der Waals surface area contributed by atoms with Gasteiger partial charge in [0.15, 0.2) is 6.61 Å². The van der Waals surface area contributed by atoms with E-state index in [1.54, 1.807) is 30.3 Å². The summed E-state index contributed by atoms with van der Waals surface area (Å²) in [4.78, 5) is 23.0. The van der Waals surface area contributed by atoms with Crippen LogP contribution >= 0.6 is 0 Å². The third-order valence-electron chi connectivity index (χ3n) is 3.19. The number of aryl methyl sites for hydroxylation is 1. The monoisotopic (exact) mass is 335 g/mol. The highest BCUT2D eigenvalue weighted by Gasteiger charge is 2.10. The average Bonchev–Trinajstić information content (AvgIpc) is 2.58. The first-order chi connectivity index (χ1) is 12.0. The summed E-state index contributed by atoms with van der Waals surface area (Å²) >= 11 is 0. The number of carbonyl (C=O) groups is 2. The molecule has 126 valence electrons. The zero-order valence-corrected chi connectivity index (χ0v) is 13.7. The summed E-state index contributed by atoms with van der Waals surface area (Å²) in [6, 6.07) is 15.8. The smallest absolute Gasteiger partial charge is 0.266 e. The number of carbonyl (C=O) groups excluding carboxylic acids is 2. The molecule has 6 heteroatoms. The number of rotatable bonds is 6. The maximum absolute atomic E-state index is 12.3. The molecule has 6 nitrogen and oxygen atoms in total. The Balaban J connectivity index is 2.16. The van der Waals surface area contributed by atoms with Gasteiger partial charge in [0, 0.05) is 5.69 Å². The molecule has 2 aromatic rings. The number of nitriles is 1. The molecule has 0 bridgehead atoms. The molecule has 2 aromatic carbocycles. The molecule has 25 heavy (non-hydrogen) atoms. The van der Waals surface area contributed by atoms with E-state index >= 15 is 0 Å². The molecule has 0 saturated carbocycles. The second-order valence-corrected chi connectivity index (χ2v) is 5.32. The van der Waals surface area contributed by atoms with Gasteiger partial charge in [-0.3, -0.25) is 9.59 Å². The van der Waals surface area contributed by atoms with Crippen LogP contribution in [0.2, 0.25) is 0 Å². The van der Waals surface area contributed by atoms with Crippen LogP contribution in [0.15, 0.2) is 54.1 Å². The Morgan fingerprint density at radius 1 is 1.24 bits per heavy atom. The van der Waals surface area contributed by atoms with Crippen LogP contribution < -0.4 is 15.8 Å². The van der Waals surface area contributed by atoms with E-state index in [4.69, 9.17) is 10.5 Å². The molecule has 0 aliphatic heterocycles. The van der Waals surface area contributed by atoms with Gasteiger partial charge in [0.2, 0.25) is 0 Å². The molecule has 0 unspecified atom stereocenters. The van der Waals surface area contributed by atoms with Gasteiger partial charge in [0.25, 0.3) is 11.8 Å². The number of amides is 2. The minimum atomic E-state index is -0.587. The van der Waals surface area contributed by atoms with Crippen LogP contribution in [-0.4, -0.2) is 18.4 Å². The minimum Gasteiger partial charge on any atom is -0.484 e. The molecule has 0 spiro atoms. The summed E-state index contributed by atoms with van der Waals surface area (Å²) in [6.45, 7) is 1.67. The first-order valence-corrected chi connectivity index (χ1v) is 7.49. The predicted molar refractivity (Wildman–Crippen MR) is 94.5 cm³/mol. The fourth-order valence-electron chi connectivity index (χ4n) is 2.09. The molecule has 0 aromatic heterocycles. The highest BCUT2D eigenvalue weighted by Crippen LogP contribution is 2.17. The Bertz CT molecular complexity index is 866. The van der Waals surface area contributed by atoms with E-state index in [0.29, 0.717) is 17.0 Å². The van der Waals surface area contributed by atoms with Crippen molar-refractivity contribution in [1.29, 1.82) is 5.26 Å². The van der Waals surface area contributed by atoms with Gasteiger partial charge in [-0.05, 0) is 48.4 Å². The highest BCUT2D eigenvalue weighted by atomic mass is 16.5. The van der Waals surface area contributed by atoms with Gasteiger partial charge in [0.1, 0.15) is 17.4 Å². The van der Waals surface area contributed by atoms with Crippen LogP contribution in [0.5, 0.6) is 5.75 Å². The van der Waals surface area contributed by atoms with Crippen molar-refractivity contribution >= 4 is 23.6 Å². The number of hydrogen-bond donors (Lipinski definition) is 2. The Kier molecular flexibility index (Phi) is 5.91. The first kappa shape index (κ1) is 17.8. The summed E-state index contributed by atoms with van der Waals surface area (Å²) in [5.41, 5.74) is 7.20. The normalized spacial score (nSPS) is 10.6. The number of anilines is 1. The summed E-state index contributed by atoms with van der Waals surface area (Å²) in [5, 5.41) is 12.0. The number of nitrogens with zero attached hydrogens (tertiary/aromatic N) is 1. The van der Waals surface area contributed by atoms with Crippen LogP contribution in [0, 0.1) is 18.3 Å². The van der Waals surface area contributed by atoms with Crippen molar-refractivity contribution in [2.75, 3.05) is 11.9 Å². The van der Waals surface area contributed by atoms with Crippen molar-refractivity contribution in [3.8, 4) is 11.8 Å². The summed E-state index contributed by atoms with van der Waals surface area (Å²) in [5.74, 6) is -0.670. The SMILES string of the molecule is Cc1cccc(NC(=O)/C(C#N)=C\c2cccc(OCC(N)=O)c2)c1. The molecule has 2 amide bonds. The third-order valence-corrected chi connectivity index (χ3v) is 3.19. The second-order valence-electron chi connectivity index (χ2n) is 5.32. The van der Waals surface area contributed by atoms with Gasteiger partial charge in [-0.2, -0.15) is 5.26 Å². The molecule has 0 fully saturated rings. The average molecular weight is 335 g/mol. The second kappa shape index (κ2) is 8.31. The Morgan fingerprint density at radius 3 is 2.68 bits per heavy atom. The number of ether oxygens (including phenoxy) is 1. The lowest BCUT2D eigenvalue weighted by atomic mass is 10.1. The molecule has 0 atom stereocenters. The number of nitrogens with one attached hydrogen (secondary N) is 1. The summed E-state index contributed by atoms with van der Waals surface area (Å²) < 4.78 is 5.21. The van der Waals surface area contributed by atoms with Gasteiger partial charge < -0.3 is 15.8 Å². The van der Waals surface area contributed by atoms with E-state index in [-0.39, 0.29) is 12.2 Å². The van der Waals surface area contributed by atoms with Crippen LogP contribution in [0.1, 0.15) is 11.1 Å². The van der Waals surface area contributed by atoms with Crippen LogP contribution in [0.25, 0.3) is 6.08 Å². The number of nitrogens with two attached hydrogens (primary N) is 1. The van der Waals surface area contributed by atoms with Gasteiger partial charge >= 0.3 is 0 Å². The zero-order chi connectivity index (χ0) is 18.2. The standard InChI is InChI=1S/C19H17N3O3/c1-13-4-2-6-16(8-13)22-19(24)15(11-20)9-14-5-3-7-17(10-14)25-12-18(21)23/h2-10H,12H2,1H3,(H2,21,23)(H,22,24)/b15-9-. The number of primary amides is 1. The maximum Gasteiger partial charge on any atom is 0.266 e. The molecule has 0 aliphatic carbocycles. The first-order valence-electron chi connectivity index (χ1n) is 7.49. The summed E-state index contributed by atoms with van der Waals surface area (Å²) in [7, 11) is 0. The van der Waals surface area contributed by atoms with Crippen molar-refractivity contribution in [3.05, 3.63) is 65.2 Å². The molecule has 0 saturated heterocycles. The molecule has 3 N–H and O–H groups in total. The van der Waals surface area contributed by atoms with E-state index in [9.17, 15) is 14.9 Å². The van der Waals surface area contributed by atoms with Gasteiger partial charge in [-0.1, -0.05) is 24.3 Å². The van der Waals surface area contributed by atoms with Crippen molar-refractivity contribution in [1.82, 2.24) is 0 Å². The largest absolute Gasteiger partial charge is 0.484 e. The fourth-order valence-corrected chi connectivity index (χ4v) is 2.09. The lowest BCUT2D eigenvalue weighted by Gasteiger charge is -2.06. The van der Waals surface area contributed by atoms with Crippen LogP contribution in [-0.2, 0) is 9.59 Å². The van der Waals surface area contributed by atoms with Crippen molar-refractivity contribution in [2.24, 2.45) is 5.73 Å². The molecular formula is C19H17N3O3. The Labute approximate surface area is 145 Å². The van der Waals surface area contributed by atoms with Gasteiger partial charge in [-0.15, -0.1) is 0 Å². The Hall–Kier alpha value is -3.59. The minimum absolute atomic E-state index is 0.0476. The van der Waals surface area contributed by atoms with Crippen LogP contribution in [0.3, 0.4) is 0 Å². The van der Waals surface area contributed by atoms with Crippen molar-refractivity contribution in [2.45, 2.75) is 6.92 Å². The zero-order valence-electron chi connectivity index (χ0n) is 13.7. The van der Waals surface area contributed by atoms with Gasteiger partial charge in [-0.25, -0.2) is 0 Å². The third kappa shape index (κ3) is 5.52. The topological polar surface area (TPSA) is 105 Å². The fraction of sp³-hybridized carbons (Fsp3) is 0.105. The highest BCUT2D eigenvalue weighted by molar-refractivity contribution is 6.09. The quantitative estimate of drug-likeness (QED) is 0.624. The van der Waals surface area contributed by atoms with Crippen LogP contribution in [0.4, 0.5) is 5.69 Å². The number of hydrogen-bond acceptors (Lipinski definition) is 4. The molecular weight excluding hydrogens is 318 g/mol. The molecule has 0 heterocycles. The molecule has 0 aliphatic rings.